The summed E-state index contributed by atoms with van der Waals surface area (Å²) in [4.78, 5) is 3.70. The van der Waals surface area contributed by atoms with Crippen molar-refractivity contribution in [3.8, 4) is 5.75 Å². The fourth-order valence-corrected chi connectivity index (χ4v) is 1.50. The quantitative estimate of drug-likeness (QED) is 0.796. The second-order valence-corrected chi connectivity index (χ2v) is 3.69. The van der Waals surface area contributed by atoms with Gasteiger partial charge in [0.05, 0.1) is 0 Å². The molecule has 88 valence electrons. The fourth-order valence-electron chi connectivity index (χ4n) is 1.50. The molecular weight excluding hydrogens is 219 g/mol. The summed E-state index contributed by atoms with van der Waals surface area (Å²) in [6.45, 7) is 0.668. The van der Waals surface area contributed by atoms with Crippen molar-refractivity contribution in [3.05, 3.63) is 54.0 Å². The molecule has 0 aliphatic heterocycles. The van der Waals surface area contributed by atoms with Crippen LogP contribution in [0.25, 0.3) is 0 Å². The number of halogens is 1. The minimum Gasteiger partial charge on any atom is -0.508 e. The van der Waals surface area contributed by atoms with Gasteiger partial charge in [0.15, 0.2) is 0 Å². The van der Waals surface area contributed by atoms with Gasteiger partial charge in [-0.2, -0.15) is 4.39 Å². The third-order valence-electron chi connectivity index (χ3n) is 2.37. The summed E-state index contributed by atoms with van der Waals surface area (Å²) in [7, 11) is 0. The summed E-state index contributed by atoms with van der Waals surface area (Å²) < 4.78 is 12.8. The van der Waals surface area contributed by atoms with E-state index in [1.165, 1.54) is 6.07 Å². The lowest BCUT2D eigenvalue weighted by molar-refractivity contribution is 0.475. The molecule has 3 nitrogen and oxygen atoms in total. The Bertz CT molecular complexity index is 485. The van der Waals surface area contributed by atoms with E-state index >= 15 is 0 Å². The highest BCUT2D eigenvalue weighted by atomic mass is 19.1. The second-order valence-electron chi connectivity index (χ2n) is 3.69. The molecule has 0 atom stereocenters. The van der Waals surface area contributed by atoms with Crippen LogP contribution >= 0.6 is 0 Å². The number of phenols is 1. The first-order valence-electron chi connectivity index (χ1n) is 5.38. The van der Waals surface area contributed by atoms with E-state index in [1.807, 2.05) is 12.1 Å². The third-order valence-corrected chi connectivity index (χ3v) is 2.37. The lowest BCUT2D eigenvalue weighted by Crippen LogP contribution is -2.06. The molecule has 1 aromatic carbocycles. The van der Waals surface area contributed by atoms with Gasteiger partial charge in [0.25, 0.3) is 0 Å². The summed E-state index contributed by atoms with van der Waals surface area (Å²) in [6.07, 6.45) is 0.790. The summed E-state index contributed by atoms with van der Waals surface area (Å²) in [5, 5.41) is 12.2. The van der Waals surface area contributed by atoms with Crippen molar-refractivity contribution in [2.45, 2.75) is 6.42 Å². The molecule has 0 fully saturated rings. The molecule has 0 bridgehead atoms. The highest BCUT2D eigenvalue weighted by molar-refractivity contribution is 5.34. The van der Waals surface area contributed by atoms with Crippen LogP contribution in [0, 0.1) is 5.95 Å². The van der Waals surface area contributed by atoms with Gasteiger partial charge in [0.2, 0.25) is 5.95 Å². The van der Waals surface area contributed by atoms with Crippen LogP contribution in [0.4, 0.5) is 10.2 Å². The minimum absolute atomic E-state index is 0.258. The van der Waals surface area contributed by atoms with E-state index in [2.05, 4.69) is 10.3 Å². The number of anilines is 1. The lowest BCUT2D eigenvalue weighted by atomic mass is 10.1. The van der Waals surface area contributed by atoms with E-state index in [1.54, 1.807) is 24.3 Å². The van der Waals surface area contributed by atoms with Gasteiger partial charge in [-0.1, -0.05) is 18.2 Å². The van der Waals surface area contributed by atoms with Crippen LogP contribution in [0.1, 0.15) is 5.56 Å². The number of phenolic OH excluding ortho intramolecular Hbond substituents is 1. The SMILES string of the molecule is Oc1ccc(CCNc2cccc(F)n2)cc1. The van der Waals surface area contributed by atoms with Gasteiger partial charge in [0, 0.05) is 6.54 Å². The number of hydrogen-bond acceptors (Lipinski definition) is 3. The molecule has 0 saturated carbocycles. The van der Waals surface area contributed by atoms with Crippen molar-refractivity contribution >= 4 is 5.82 Å². The molecular formula is C13H13FN2O. The lowest BCUT2D eigenvalue weighted by Gasteiger charge is -2.05. The largest absolute Gasteiger partial charge is 0.508 e. The first-order valence-corrected chi connectivity index (χ1v) is 5.38. The van der Waals surface area contributed by atoms with Crippen LogP contribution < -0.4 is 5.32 Å². The minimum atomic E-state index is -0.486. The molecule has 4 heteroatoms. The smallest absolute Gasteiger partial charge is 0.214 e. The number of hydrogen-bond donors (Lipinski definition) is 2. The number of nitrogens with one attached hydrogen (secondary N) is 1. The monoisotopic (exact) mass is 232 g/mol. The fraction of sp³-hybridized carbons (Fsp3) is 0.154. The van der Waals surface area contributed by atoms with Crippen molar-refractivity contribution in [1.82, 2.24) is 4.98 Å². The first-order chi connectivity index (χ1) is 8.24. The molecule has 0 aliphatic rings. The van der Waals surface area contributed by atoms with Gasteiger partial charge in [-0.3, -0.25) is 0 Å². The van der Waals surface area contributed by atoms with Crippen molar-refractivity contribution in [2.75, 3.05) is 11.9 Å². The number of pyridine rings is 1. The zero-order valence-corrected chi connectivity index (χ0v) is 9.23. The Morgan fingerprint density at radius 2 is 1.88 bits per heavy atom. The van der Waals surface area contributed by atoms with E-state index in [4.69, 9.17) is 5.11 Å². The molecule has 0 amide bonds. The molecule has 0 saturated heterocycles. The summed E-state index contributed by atoms with van der Waals surface area (Å²) in [5.74, 6) is 0.303. The average molecular weight is 232 g/mol. The number of benzene rings is 1. The van der Waals surface area contributed by atoms with E-state index in [0.717, 1.165) is 12.0 Å². The molecule has 2 aromatic rings. The molecule has 1 heterocycles. The molecule has 2 rings (SSSR count). The van der Waals surface area contributed by atoms with E-state index in [0.29, 0.717) is 12.4 Å². The molecule has 1 aromatic heterocycles. The highest BCUT2D eigenvalue weighted by Crippen LogP contribution is 2.10. The number of rotatable bonds is 4. The zero-order chi connectivity index (χ0) is 12.1. The number of aromatic hydroxyl groups is 1. The summed E-state index contributed by atoms with van der Waals surface area (Å²) >= 11 is 0. The maximum absolute atomic E-state index is 12.8. The Hall–Kier alpha value is -2.10. The van der Waals surface area contributed by atoms with Gasteiger partial charge in [-0.25, -0.2) is 4.98 Å². The first kappa shape index (κ1) is 11.4. The van der Waals surface area contributed by atoms with Crippen LogP contribution in [-0.2, 0) is 6.42 Å². The van der Waals surface area contributed by atoms with E-state index < -0.39 is 5.95 Å². The van der Waals surface area contributed by atoms with Gasteiger partial charge in [0.1, 0.15) is 11.6 Å². The Kier molecular flexibility index (Phi) is 3.55. The zero-order valence-electron chi connectivity index (χ0n) is 9.23. The summed E-state index contributed by atoms with van der Waals surface area (Å²) in [6, 6.07) is 11.7. The van der Waals surface area contributed by atoms with Crippen molar-refractivity contribution < 1.29 is 9.50 Å². The van der Waals surface area contributed by atoms with Gasteiger partial charge in [-0.15, -0.1) is 0 Å². The molecule has 17 heavy (non-hydrogen) atoms. The van der Waals surface area contributed by atoms with Crippen LogP contribution in [-0.4, -0.2) is 16.6 Å². The van der Waals surface area contributed by atoms with Crippen LogP contribution in [0.3, 0.4) is 0 Å². The standard InChI is InChI=1S/C13H13FN2O/c14-12-2-1-3-13(16-12)15-9-8-10-4-6-11(17)7-5-10/h1-7,17H,8-9H2,(H,15,16). The maximum atomic E-state index is 12.8. The van der Waals surface area contributed by atoms with Crippen LogP contribution in [0.15, 0.2) is 42.5 Å². The molecule has 0 aliphatic carbocycles. The topological polar surface area (TPSA) is 45.1 Å². The van der Waals surface area contributed by atoms with E-state index in [-0.39, 0.29) is 5.75 Å². The van der Waals surface area contributed by atoms with Crippen LogP contribution in [0.2, 0.25) is 0 Å². The highest BCUT2D eigenvalue weighted by Gasteiger charge is 1.97. The summed E-state index contributed by atoms with van der Waals surface area (Å²) in [5.41, 5.74) is 1.10. The van der Waals surface area contributed by atoms with Crippen LogP contribution in [0.5, 0.6) is 5.75 Å². The van der Waals surface area contributed by atoms with Gasteiger partial charge < -0.3 is 10.4 Å². The molecule has 0 radical (unpaired) electrons. The van der Waals surface area contributed by atoms with Gasteiger partial charge >= 0.3 is 0 Å². The predicted molar refractivity (Wildman–Crippen MR) is 64.5 cm³/mol. The van der Waals surface area contributed by atoms with E-state index in [9.17, 15) is 4.39 Å². The van der Waals surface area contributed by atoms with Crippen molar-refractivity contribution in [2.24, 2.45) is 0 Å². The normalized spacial score (nSPS) is 10.2. The maximum Gasteiger partial charge on any atom is 0.214 e. The second kappa shape index (κ2) is 5.30. The molecule has 2 N–H and O–H groups in total. The number of aromatic nitrogens is 1. The average Bonchev–Trinajstić information content (AvgIpc) is 2.32. The Balaban J connectivity index is 1.85. The number of nitrogens with zero attached hydrogens (tertiary/aromatic N) is 1. The third kappa shape index (κ3) is 3.45. The van der Waals surface area contributed by atoms with Crippen molar-refractivity contribution in [3.63, 3.8) is 0 Å². The molecule has 0 spiro atoms. The predicted octanol–water partition coefficient (Wildman–Crippen LogP) is 2.58. The van der Waals surface area contributed by atoms with Crippen molar-refractivity contribution in [1.29, 1.82) is 0 Å². The Morgan fingerprint density at radius 1 is 1.12 bits per heavy atom. The van der Waals surface area contributed by atoms with Gasteiger partial charge in [-0.05, 0) is 36.2 Å². The Morgan fingerprint density at radius 3 is 2.59 bits per heavy atom. The molecule has 0 unspecified atom stereocenters. The Labute approximate surface area is 98.9 Å².